The maximum absolute atomic E-state index is 12.7. The van der Waals surface area contributed by atoms with Gasteiger partial charge in [0.1, 0.15) is 21.3 Å². The number of hydrogen-bond acceptors (Lipinski definition) is 9. The van der Waals surface area contributed by atoms with Crippen molar-refractivity contribution < 1.29 is 35.9 Å². The summed E-state index contributed by atoms with van der Waals surface area (Å²) in [5.41, 5.74) is 8.94. The van der Waals surface area contributed by atoms with E-state index in [1.165, 1.54) is 50.1 Å². The minimum Gasteiger partial charge on any atom is -0.497 e. The van der Waals surface area contributed by atoms with Gasteiger partial charge < -0.3 is 15.2 Å². The quantitative estimate of drug-likeness (QED) is 0.0805. The van der Waals surface area contributed by atoms with Crippen LogP contribution in [0, 0.1) is 0 Å². The Morgan fingerprint density at radius 3 is 1.36 bits per heavy atom. The van der Waals surface area contributed by atoms with Crippen molar-refractivity contribution in [2.45, 2.75) is 22.6 Å². The Bertz CT molecular complexity index is 2540. The number of hydrogen-bond donors (Lipinski definition) is 2. The van der Waals surface area contributed by atoms with Crippen molar-refractivity contribution in [2.24, 2.45) is 5.73 Å². The summed E-state index contributed by atoms with van der Waals surface area (Å²) in [5, 5.41) is 0.0276. The average Bonchev–Trinajstić information content (AvgIpc) is 3.24. The van der Waals surface area contributed by atoms with E-state index < -0.39 is 19.1 Å². The topological polar surface area (TPSA) is 159 Å². The number of nitrogens with one attached hydrogen (secondary N) is 1. The number of benzene rings is 6. The van der Waals surface area contributed by atoms with Gasteiger partial charge in [0.05, 0.1) is 24.3 Å². The number of halogens is 3. The zero-order chi connectivity index (χ0) is 43.0. The molecule has 6 aromatic carbocycles. The number of sulfonamides is 1. The lowest BCUT2D eigenvalue weighted by atomic mass is 10.0. The van der Waals surface area contributed by atoms with Crippen LogP contribution in [-0.2, 0) is 31.9 Å². The number of methoxy groups -OCH3 is 2. The fraction of sp³-hybridized carbons (Fsp3) is 0.136. The molecule has 3 N–H and O–H groups in total. The molecule has 59 heavy (non-hydrogen) atoms. The Hall–Kier alpha value is -5.05. The zero-order valence-corrected chi connectivity index (χ0v) is 35.9. The number of rotatable bonds is 14. The van der Waals surface area contributed by atoms with E-state index in [1.807, 2.05) is 48.5 Å². The normalized spacial score (nSPS) is 10.9. The molecular weight excluding hydrogens is 855 g/mol. The van der Waals surface area contributed by atoms with Crippen molar-refractivity contribution >= 4 is 64.5 Å². The van der Waals surface area contributed by atoms with Gasteiger partial charge in [0, 0.05) is 39.5 Å². The summed E-state index contributed by atoms with van der Waals surface area (Å²) in [7, 11) is 0.469. The molecule has 0 saturated carbocycles. The number of carbonyl (C=O) groups is 2. The highest BCUT2D eigenvalue weighted by molar-refractivity contribution is 8.13. The van der Waals surface area contributed by atoms with Crippen LogP contribution in [0.5, 0.6) is 11.5 Å². The molecule has 308 valence electrons. The molecule has 0 aliphatic rings. The van der Waals surface area contributed by atoms with Gasteiger partial charge in [-0.3, -0.25) is 9.59 Å². The Morgan fingerprint density at radius 2 is 0.949 bits per heavy atom. The number of carbonyl (C=O) groups excluding carboxylic acids is 2. The summed E-state index contributed by atoms with van der Waals surface area (Å²) in [6.45, 7) is 0.962. The first-order chi connectivity index (χ1) is 28.2. The molecule has 0 bridgehead atoms. The molecular formula is C44H41Cl3N2O8S2. The third-order valence-electron chi connectivity index (χ3n) is 8.47. The Morgan fingerprint density at radius 1 is 0.559 bits per heavy atom. The Kier molecular flexibility index (Phi) is 17.7. The van der Waals surface area contributed by atoms with Crippen molar-refractivity contribution in [2.75, 3.05) is 27.3 Å². The summed E-state index contributed by atoms with van der Waals surface area (Å²) < 4.78 is 60.9. The molecule has 0 atom stereocenters. The Labute approximate surface area is 359 Å². The smallest absolute Gasteiger partial charge is 0.262 e. The second-order valence-corrected chi connectivity index (χ2v) is 17.6. The predicted octanol–water partition coefficient (Wildman–Crippen LogP) is 8.80. The molecule has 0 heterocycles. The number of ether oxygens (including phenoxy) is 2. The van der Waals surface area contributed by atoms with E-state index >= 15 is 0 Å². The fourth-order valence-corrected chi connectivity index (χ4v) is 8.41. The first-order valence-corrected chi connectivity index (χ1v) is 22.4. The molecule has 0 radical (unpaired) electrons. The van der Waals surface area contributed by atoms with Crippen LogP contribution in [-0.4, -0.2) is 55.7 Å². The maximum atomic E-state index is 12.7. The largest absolute Gasteiger partial charge is 0.497 e. The van der Waals surface area contributed by atoms with Crippen molar-refractivity contribution in [3.8, 4) is 11.5 Å². The van der Waals surface area contributed by atoms with Gasteiger partial charge in [-0.15, -0.1) is 0 Å². The standard InChI is InChI=1S/C22H20ClNO4S.C14H10Cl2O4S.C8H11N/c1-28-19-10-7-17(8-11-19)22(25)18-9-12-20(23)21(15-18)29(26,27)24-14-13-16-5-3-2-4-6-16;1-20-11-5-2-9(3-6-11)14(17)10-4-7-12(15)13(8-10)21(16,18)19;9-7-6-8-4-2-1-3-5-8/h2-12,15,24H,13-14H2,1H3;2-8H,1H3;1-5H,6-7,9H2. The summed E-state index contributed by atoms with van der Waals surface area (Å²) in [4.78, 5) is 24.6. The molecule has 0 saturated heterocycles. The molecule has 0 spiro atoms. The lowest BCUT2D eigenvalue weighted by Gasteiger charge is -2.10. The molecule has 6 rings (SSSR count). The van der Waals surface area contributed by atoms with Crippen LogP contribution in [0.15, 0.2) is 155 Å². The SMILES string of the molecule is COc1ccc(C(=O)c2ccc(Cl)c(S(=O)(=O)Cl)c2)cc1.COc1ccc(C(=O)c2ccc(Cl)c(S(=O)(=O)NCCc3ccccc3)c2)cc1.NCCc1ccccc1. The maximum Gasteiger partial charge on any atom is 0.262 e. The minimum absolute atomic E-state index is 0.0312. The lowest BCUT2D eigenvalue weighted by molar-refractivity contribution is 0.103. The third-order valence-corrected chi connectivity index (χ3v) is 12.2. The predicted molar refractivity (Wildman–Crippen MR) is 233 cm³/mol. The second-order valence-electron chi connectivity index (χ2n) is 12.5. The van der Waals surface area contributed by atoms with E-state index in [2.05, 4.69) is 16.9 Å². The van der Waals surface area contributed by atoms with E-state index in [9.17, 15) is 26.4 Å². The van der Waals surface area contributed by atoms with Crippen molar-refractivity contribution in [3.05, 3.63) is 189 Å². The van der Waals surface area contributed by atoms with Crippen LogP contribution in [0.25, 0.3) is 0 Å². The van der Waals surface area contributed by atoms with Crippen LogP contribution in [0.4, 0.5) is 0 Å². The van der Waals surface area contributed by atoms with Gasteiger partial charge in [0.2, 0.25) is 10.0 Å². The van der Waals surface area contributed by atoms with E-state index in [-0.39, 0.29) is 49.1 Å². The van der Waals surface area contributed by atoms with Gasteiger partial charge in [-0.25, -0.2) is 21.6 Å². The first-order valence-electron chi connectivity index (χ1n) is 17.9. The molecule has 0 unspecified atom stereocenters. The van der Waals surface area contributed by atoms with Gasteiger partial charge in [-0.05, 0) is 115 Å². The van der Waals surface area contributed by atoms with Gasteiger partial charge >= 0.3 is 0 Å². The van der Waals surface area contributed by atoms with Crippen LogP contribution in [0.2, 0.25) is 10.0 Å². The average molecular weight is 896 g/mol. The summed E-state index contributed by atoms with van der Waals surface area (Å²) >= 11 is 11.9. The van der Waals surface area contributed by atoms with E-state index in [4.69, 9.17) is 49.1 Å². The van der Waals surface area contributed by atoms with Crippen LogP contribution in [0.1, 0.15) is 43.0 Å². The molecule has 0 aliphatic heterocycles. The van der Waals surface area contributed by atoms with Gasteiger partial charge in [0.25, 0.3) is 9.05 Å². The van der Waals surface area contributed by atoms with Crippen LogP contribution in [0.3, 0.4) is 0 Å². The van der Waals surface area contributed by atoms with Gasteiger partial charge in [0.15, 0.2) is 11.6 Å². The van der Waals surface area contributed by atoms with Crippen molar-refractivity contribution in [3.63, 3.8) is 0 Å². The summed E-state index contributed by atoms with van der Waals surface area (Å²) in [6, 6.07) is 41.0. The number of ketones is 2. The number of nitrogens with two attached hydrogens (primary N) is 1. The van der Waals surface area contributed by atoms with Crippen LogP contribution >= 0.6 is 33.9 Å². The van der Waals surface area contributed by atoms with E-state index in [0.717, 1.165) is 24.6 Å². The molecule has 0 aromatic heterocycles. The summed E-state index contributed by atoms with van der Waals surface area (Å²) in [6.07, 6.45) is 1.53. The second kappa shape index (κ2) is 22.4. The molecule has 0 aliphatic carbocycles. The Balaban J connectivity index is 0.000000222. The minimum atomic E-state index is -4.01. The highest BCUT2D eigenvalue weighted by Crippen LogP contribution is 2.28. The third kappa shape index (κ3) is 14.0. The highest BCUT2D eigenvalue weighted by Gasteiger charge is 2.21. The zero-order valence-electron chi connectivity index (χ0n) is 32.0. The highest BCUT2D eigenvalue weighted by atomic mass is 35.7. The van der Waals surface area contributed by atoms with Crippen molar-refractivity contribution in [1.29, 1.82) is 0 Å². The summed E-state index contributed by atoms with van der Waals surface area (Å²) in [5.74, 6) is 0.608. The monoisotopic (exact) mass is 894 g/mol. The van der Waals surface area contributed by atoms with E-state index in [1.54, 1.807) is 48.5 Å². The molecule has 10 nitrogen and oxygen atoms in total. The van der Waals surface area contributed by atoms with Gasteiger partial charge in [-0.2, -0.15) is 0 Å². The van der Waals surface area contributed by atoms with Gasteiger partial charge in [-0.1, -0.05) is 83.9 Å². The molecule has 15 heteroatoms. The lowest BCUT2D eigenvalue weighted by Crippen LogP contribution is -2.26. The fourth-order valence-electron chi connectivity index (χ4n) is 5.36. The van der Waals surface area contributed by atoms with Crippen molar-refractivity contribution in [1.82, 2.24) is 4.72 Å². The van der Waals surface area contributed by atoms with E-state index in [0.29, 0.717) is 29.0 Å². The molecule has 0 fully saturated rings. The first kappa shape index (κ1) is 46.6. The van der Waals surface area contributed by atoms with Crippen LogP contribution < -0.4 is 19.9 Å². The molecule has 6 aromatic rings. The molecule has 0 amide bonds.